The maximum Gasteiger partial charge on any atom is 0.317 e. The van der Waals surface area contributed by atoms with Gasteiger partial charge < -0.3 is 16.6 Å². The fraction of sp³-hybridized carbons (Fsp3) is 0.324. The fourth-order valence-corrected chi connectivity index (χ4v) is 7.76. The standard InChI is InChI=1S/C37H31ClF6N8O3/c1-36(2,55)9-8-18-4-5-19(20-6-7-24(38)26-29(20)51(3)50-34(26)48-35(46)54)27(47-18)22(12-15-10-16(39)13-17(40)11-15)30(33(45)53)52-31-25(28(49-52)32(41)42)21-14-23(21)37(31,43)44/h4-7,10-11,13,21-23,30,32,55H,12,14H2,1-3H3,(H2,45,53)(H3,46,48,50,54)/t21-,22+,23+,30?/m0/s1. The van der Waals surface area contributed by atoms with E-state index in [4.69, 9.17) is 28.1 Å². The molecule has 1 unspecified atom stereocenters. The van der Waals surface area contributed by atoms with E-state index in [9.17, 15) is 32.3 Å². The van der Waals surface area contributed by atoms with Gasteiger partial charge in [0, 0.05) is 41.6 Å². The van der Waals surface area contributed by atoms with E-state index in [-0.39, 0.29) is 56.2 Å². The van der Waals surface area contributed by atoms with E-state index in [2.05, 4.69) is 27.4 Å². The zero-order chi connectivity index (χ0) is 39.9. The number of halogens is 7. The highest BCUT2D eigenvalue weighted by Crippen LogP contribution is 2.68. The van der Waals surface area contributed by atoms with Gasteiger partial charge in [-0.25, -0.2) is 32.0 Å². The largest absolute Gasteiger partial charge is 0.378 e. The summed E-state index contributed by atoms with van der Waals surface area (Å²) in [4.78, 5) is 30.3. The van der Waals surface area contributed by atoms with Crippen LogP contribution in [0.25, 0.3) is 22.0 Å². The number of benzene rings is 2. The van der Waals surface area contributed by atoms with Gasteiger partial charge in [0.2, 0.25) is 5.91 Å². The molecule has 0 saturated heterocycles. The van der Waals surface area contributed by atoms with Gasteiger partial charge in [0.25, 0.3) is 12.3 Å². The molecule has 2 aliphatic carbocycles. The molecule has 1 fully saturated rings. The van der Waals surface area contributed by atoms with Crippen molar-refractivity contribution >= 4 is 40.3 Å². The SMILES string of the molecule is Cn1nc(NC(N)=O)c2c(Cl)ccc(-c3ccc(C#CC(C)(C)O)nc3[C@@H](Cc3cc(F)cc(F)c3)C(C(N)=O)n3nc(C(F)F)c4c3C(F)(F)[C@@H]3C[C@H]43)c21. The molecule has 18 heteroatoms. The second-order valence-corrected chi connectivity index (χ2v) is 14.5. The average Bonchev–Trinajstić information content (AvgIpc) is 3.60. The predicted octanol–water partition coefficient (Wildman–Crippen LogP) is 6.58. The smallest absolute Gasteiger partial charge is 0.317 e. The normalized spacial score (nSPS) is 18.0. The molecule has 286 valence electrons. The molecule has 3 heterocycles. The van der Waals surface area contributed by atoms with E-state index >= 15 is 8.78 Å². The molecule has 5 aromatic rings. The summed E-state index contributed by atoms with van der Waals surface area (Å²) in [6.07, 6.45) is -3.87. The van der Waals surface area contributed by atoms with Crippen LogP contribution in [0.1, 0.15) is 78.5 Å². The van der Waals surface area contributed by atoms with E-state index in [1.54, 1.807) is 6.07 Å². The number of urea groups is 1. The monoisotopic (exact) mass is 784 g/mol. The first-order valence-corrected chi connectivity index (χ1v) is 17.2. The number of anilines is 1. The van der Waals surface area contributed by atoms with Crippen LogP contribution in [0, 0.1) is 29.4 Å². The van der Waals surface area contributed by atoms with Crippen LogP contribution in [0.5, 0.6) is 0 Å². The van der Waals surface area contributed by atoms with Crippen molar-refractivity contribution in [1.29, 1.82) is 0 Å². The van der Waals surface area contributed by atoms with Gasteiger partial charge in [0.05, 0.1) is 21.6 Å². The number of hydrogen-bond acceptors (Lipinski definition) is 6. The lowest BCUT2D eigenvalue weighted by molar-refractivity contribution is -0.122. The molecule has 6 N–H and O–H groups in total. The second-order valence-electron chi connectivity index (χ2n) is 14.1. The zero-order valence-corrected chi connectivity index (χ0v) is 29.9. The highest BCUT2D eigenvalue weighted by atomic mass is 35.5. The molecule has 1 saturated carbocycles. The maximum atomic E-state index is 16.0. The van der Waals surface area contributed by atoms with E-state index in [1.165, 1.54) is 43.8 Å². The Balaban J connectivity index is 1.55. The Morgan fingerprint density at radius 1 is 1.07 bits per heavy atom. The molecule has 2 aromatic carbocycles. The van der Waals surface area contributed by atoms with E-state index < -0.39 is 83.1 Å². The molecule has 11 nitrogen and oxygen atoms in total. The Kier molecular flexibility index (Phi) is 9.12. The second kappa shape index (κ2) is 13.3. The van der Waals surface area contributed by atoms with Crippen molar-refractivity contribution in [3.8, 4) is 23.0 Å². The molecule has 7 rings (SSSR count). The molecule has 3 amide bonds. The predicted molar refractivity (Wildman–Crippen MR) is 188 cm³/mol. The van der Waals surface area contributed by atoms with Gasteiger partial charge in [0.15, 0.2) is 5.82 Å². The third kappa shape index (κ3) is 6.73. The van der Waals surface area contributed by atoms with Crippen molar-refractivity contribution in [1.82, 2.24) is 24.5 Å². The summed E-state index contributed by atoms with van der Waals surface area (Å²) >= 11 is 6.58. The van der Waals surface area contributed by atoms with Crippen molar-refractivity contribution < 1.29 is 41.0 Å². The number of alkyl halides is 4. The highest BCUT2D eigenvalue weighted by molar-refractivity contribution is 6.37. The Morgan fingerprint density at radius 3 is 2.36 bits per heavy atom. The van der Waals surface area contributed by atoms with Gasteiger partial charge >= 0.3 is 6.03 Å². The number of hydrogen-bond donors (Lipinski definition) is 4. The number of pyridine rings is 1. The van der Waals surface area contributed by atoms with Crippen LogP contribution in [0.4, 0.5) is 37.0 Å². The molecule has 2 aliphatic rings. The quantitative estimate of drug-likeness (QED) is 0.0974. The summed E-state index contributed by atoms with van der Waals surface area (Å²) in [5.41, 5.74) is 8.24. The molecule has 0 bridgehead atoms. The number of nitrogens with one attached hydrogen (secondary N) is 1. The summed E-state index contributed by atoms with van der Waals surface area (Å²) in [5.74, 6) is -5.42. The van der Waals surface area contributed by atoms with Crippen LogP contribution >= 0.6 is 11.6 Å². The highest BCUT2D eigenvalue weighted by Gasteiger charge is 2.67. The zero-order valence-electron chi connectivity index (χ0n) is 29.1. The van der Waals surface area contributed by atoms with Crippen LogP contribution in [0.2, 0.25) is 5.02 Å². The lowest BCUT2D eigenvalue weighted by atomic mass is 9.84. The topological polar surface area (TPSA) is 167 Å². The number of nitrogens with zero attached hydrogens (tertiary/aromatic N) is 5. The lowest BCUT2D eigenvalue weighted by Gasteiger charge is -2.29. The summed E-state index contributed by atoms with van der Waals surface area (Å²) in [6.45, 7) is 2.82. The van der Waals surface area contributed by atoms with Gasteiger partial charge in [-0.2, -0.15) is 19.0 Å². The van der Waals surface area contributed by atoms with E-state index in [1.807, 2.05) is 0 Å². The fourth-order valence-electron chi connectivity index (χ4n) is 7.52. The number of rotatable bonds is 9. The molecular weight excluding hydrogens is 754 g/mol. The van der Waals surface area contributed by atoms with Crippen molar-refractivity contribution in [3.63, 3.8) is 0 Å². The number of nitrogens with two attached hydrogens (primary N) is 2. The third-order valence-corrected chi connectivity index (χ3v) is 10.00. The first-order chi connectivity index (χ1) is 25.8. The van der Waals surface area contributed by atoms with Gasteiger partial charge in [0.1, 0.15) is 40.4 Å². The minimum Gasteiger partial charge on any atom is -0.378 e. The molecule has 0 spiro atoms. The molecule has 55 heavy (non-hydrogen) atoms. The molecule has 3 aromatic heterocycles. The Bertz CT molecular complexity index is 2460. The Hall–Kier alpha value is -5.60. The van der Waals surface area contributed by atoms with Gasteiger partial charge in [-0.15, -0.1) is 0 Å². The van der Waals surface area contributed by atoms with E-state index in [0.29, 0.717) is 16.3 Å². The first kappa shape index (κ1) is 37.7. The van der Waals surface area contributed by atoms with Gasteiger partial charge in [-0.05, 0) is 74.4 Å². The average molecular weight is 785 g/mol. The molecule has 0 radical (unpaired) electrons. The van der Waals surface area contributed by atoms with Crippen molar-refractivity contribution in [2.24, 2.45) is 24.4 Å². The van der Waals surface area contributed by atoms with E-state index in [0.717, 1.165) is 12.1 Å². The Morgan fingerprint density at radius 2 is 1.75 bits per heavy atom. The maximum absolute atomic E-state index is 16.0. The molecule has 0 aliphatic heterocycles. The van der Waals surface area contributed by atoms with Gasteiger partial charge in [-0.1, -0.05) is 23.6 Å². The number of primary amides is 2. The summed E-state index contributed by atoms with van der Waals surface area (Å²) in [6, 6.07) is 5.54. The molecule has 4 atom stereocenters. The molecular formula is C37H31ClF6N8O3. The van der Waals surface area contributed by atoms with Crippen molar-refractivity contribution in [2.75, 3.05) is 5.32 Å². The minimum atomic E-state index is -3.68. The van der Waals surface area contributed by atoms with Crippen LogP contribution in [0.15, 0.2) is 42.5 Å². The number of aryl methyl sites for hydroxylation is 1. The number of aromatic nitrogens is 5. The summed E-state index contributed by atoms with van der Waals surface area (Å²) in [7, 11) is 1.52. The number of aliphatic hydroxyl groups is 1. The number of fused-ring (bicyclic) bond motifs is 4. The lowest BCUT2D eigenvalue weighted by Crippen LogP contribution is -2.37. The van der Waals surface area contributed by atoms with Crippen LogP contribution < -0.4 is 16.8 Å². The van der Waals surface area contributed by atoms with Crippen molar-refractivity contribution in [2.45, 2.75) is 62.5 Å². The van der Waals surface area contributed by atoms with Crippen LogP contribution in [-0.4, -0.2) is 47.2 Å². The minimum absolute atomic E-state index is 0.00338. The number of carbonyl (C=O) groups excluding carboxylic acids is 2. The van der Waals surface area contributed by atoms with Crippen LogP contribution in [-0.2, 0) is 24.2 Å². The van der Waals surface area contributed by atoms with Crippen LogP contribution in [0.3, 0.4) is 0 Å². The van der Waals surface area contributed by atoms with Crippen molar-refractivity contribution in [3.05, 3.63) is 93.0 Å². The number of amides is 3. The Labute approximate surface area is 313 Å². The third-order valence-electron chi connectivity index (χ3n) is 9.68. The number of carbonyl (C=O) groups is 2. The summed E-state index contributed by atoms with van der Waals surface area (Å²) < 4.78 is 92.3. The summed E-state index contributed by atoms with van der Waals surface area (Å²) in [5, 5.41) is 21.4. The first-order valence-electron chi connectivity index (χ1n) is 16.8. The van der Waals surface area contributed by atoms with Gasteiger partial charge in [-0.3, -0.25) is 14.8 Å².